The number of nitrogens with one attached hydrogen (secondary N) is 3. The Hall–Kier alpha value is -6.66. The molecular weight excluding hydrogens is 879 g/mol. The number of hydrogen-bond acceptors (Lipinski definition) is 11. The summed E-state index contributed by atoms with van der Waals surface area (Å²) in [4.78, 5) is 103. The van der Waals surface area contributed by atoms with Crippen molar-refractivity contribution in [2.24, 2.45) is 0 Å². The Labute approximate surface area is 375 Å². The lowest BCUT2D eigenvalue weighted by Crippen LogP contribution is -2.50. The van der Waals surface area contributed by atoms with Gasteiger partial charge >= 0.3 is 35.8 Å². The van der Waals surface area contributed by atoms with Gasteiger partial charge in [-0.2, -0.15) is 0 Å². The molecule has 0 saturated heterocycles. The van der Waals surface area contributed by atoms with Crippen LogP contribution in [0, 0.1) is 0 Å². The molecule has 0 bridgehead atoms. The molecule has 0 aliphatic rings. The van der Waals surface area contributed by atoms with Crippen LogP contribution in [0.5, 0.6) is 0 Å². The molecule has 1 aromatic carbocycles. The summed E-state index contributed by atoms with van der Waals surface area (Å²) >= 11 is -2.28. The van der Waals surface area contributed by atoms with E-state index in [-0.39, 0.29) is 64.7 Å². The summed E-state index contributed by atoms with van der Waals surface area (Å²) in [7, 11) is 0. The second-order valence-corrected chi connectivity index (χ2v) is 16.3. The molecule has 65 heavy (non-hydrogen) atoms. The first kappa shape index (κ1) is 52.7. The van der Waals surface area contributed by atoms with Gasteiger partial charge in [-0.05, 0) is 74.8 Å². The first-order valence-corrected chi connectivity index (χ1v) is 21.5. The molecule has 0 fully saturated rings. The lowest BCUT2D eigenvalue weighted by Gasteiger charge is -2.34. The third-order valence-corrected chi connectivity index (χ3v) is 11.1. The fourth-order valence-electron chi connectivity index (χ4n) is 7.34. The van der Waals surface area contributed by atoms with Gasteiger partial charge in [0.15, 0.2) is 0 Å². The largest absolute Gasteiger partial charge is 0.481 e. The molecule has 0 saturated carbocycles. The van der Waals surface area contributed by atoms with Crippen LogP contribution in [0.15, 0.2) is 55.0 Å². The van der Waals surface area contributed by atoms with E-state index >= 15 is 0 Å². The van der Waals surface area contributed by atoms with E-state index in [9.17, 15) is 77.8 Å². The molecule has 2 aromatic heterocycles. The van der Waals surface area contributed by atoms with E-state index in [1.54, 1.807) is 47.2 Å². The van der Waals surface area contributed by atoms with Gasteiger partial charge in [0.2, 0.25) is 11.8 Å². The molecule has 3 rings (SSSR count). The molecule has 24 heteroatoms. The fraction of sp³-hybridized carbons (Fsp3) is 0.488. The second kappa shape index (κ2) is 25.6. The highest BCUT2D eigenvalue weighted by Crippen LogP contribution is 2.28. The van der Waals surface area contributed by atoms with Crippen molar-refractivity contribution in [1.82, 2.24) is 29.7 Å². The fourth-order valence-corrected chi connectivity index (χ4v) is 7.67. The van der Waals surface area contributed by atoms with E-state index in [2.05, 4.69) is 20.3 Å². The zero-order valence-electron chi connectivity index (χ0n) is 35.4. The molecule has 0 spiro atoms. The predicted molar refractivity (Wildman–Crippen MR) is 228 cm³/mol. The number of imidazole rings is 1. The highest BCUT2D eigenvalue weighted by molar-refractivity contribution is 7.80. The Morgan fingerprint density at radius 3 is 1.45 bits per heavy atom. The summed E-state index contributed by atoms with van der Waals surface area (Å²) < 4.78 is 25.9. The van der Waals surface area contributed by atoms with Crippen LogP contribution in [-0.2, 0) is 82.2 Å². The van der Waals surface area contributed by atoms with Crippen LogP contribution < -0.4 is 15.4 Å². The number of carboxylic acid groups (broad SMARTS) is 6. The molecule has 356 valence electrons. The van der Waals surface area contributed by atoms with Gasteiger partial charge in [-0.25, -0.2) is 9.19 Å². The molecule has 23 nitrogen and oxygen atoms in total. The minimum Gasteiger partial charge on any atom is -0.481 e. The van der Waals surface area contributed by atoms with Gasteiger partial charge in [-0.1, -0.05) is 12.1 Å². The Morgan fingerprint density at radius 1 is 0.600 bits per heavy atom. The molecule has 10 N–H and O–H groups in total. The predicted octanol–water partition coefficient (Wildman–Crippen LogP) is 2.38. The molecule has 0 aliphatic heterocycles. The Bertz CT molecular complexity index is 1950. The molecule has 2 amide bonds. The van der Waals surface area contributed by atoms with E-state index in [4.69, 9.17) is 0 Å². The number of amides is 2. The van der Waals surface area contributed by atoms with Gasteiger partial charge in [0.25, 0.3) is 11.3 Å². The zero-order chi connectivity index (χ0) is 48.2. The Kier molecular flexibility index (Phi) is 20.7. The van der Waals surface area contributed by atoms with Crippen LogP contribution >= 0.6 is 0 Å². The van der Waals surface area contributed by atoms with Crippen molar-refractivity contribution >= 4 is 64.6 Å². The minimum absolute atomic E-state index is 0.103. The average molecular weight is 934 g/mol. The van der Waals surface area contributed by atoms with Crippen LogP contribution in [0.4, 0.5) is 5.69 Å². The molecule has 0 aliphatic carbocycles. The molecule has 0 radical (unpaired) electrons. The van der Waals surface area contributed by atoms with Crippen LogP contribution in [0.2, 0.25) is 0 Å². The lowest BCUT2D eigenvalue weighted by atomic mass is 9.83. The number of aliphatic carboxylic acids is 6. The quantitative estimate of drug-likeness (QED) is 0.0392. The lowest BCUT2D eigenvalue weighted by molar-refractivity contribution is -0.141. The zero-order valence-corrected chi connectivity index (χ0v) is 36.2. The summed E-state index contributed by atoms with van der Waals surface area (Å²) in [5.74, 6) is -8.20. The summed E-state index contributed by atoms with van der Waals surface area (Å²) in [5.41, 5.74) is -1.07. The van der Waals surface area contributed by atoms with Gasteiger partial charge in [-0.3, -0.25) is 52.5 Å². The second-order valence-electron chi connectivity index (χ2n) is 15.6. The van der Waals surface area contributed by atoms with Gasteiger partial charge in [0.1, 0.15) is 18.9 Å². The van der Waals surface area contributed by atoms with Crippen LogP contribution in [0.3, 0.4) is 0 Å². The van der Waals surface area contributed by atoms with Crippen LogP contribution in [0.25, 0.3) is 0 Å². The molecular formula is C41H55N7O16S. The SMILES string of the molecule is O=C(O)CCC(CCC(=O)O)(CCC(=O)O)NC(=O)Cn1cccc1CN(CCc1ccc(NS(=O)O)cc1)Cc1nccn1CC(=O)NC(CCC(=O)O)(CCC(=O)O)CCC(=O)O. The van der Waals surface area contributed by atoms with Crippen molar-refractivity contribution in [3.63, 3.8) is 0 Å². The number of nitrogens with zero attached hydrogens (tertiary/aromatic N) is 4. The molecule has 1 atom stereocenters. The molecule has 1 unspecified atom stereocenters. The highest BCUT2D eigenvalue weighted by atomic mass is 32.2. The first-order chi connectivity index (χ1) is 30.7. The van der Waals surface area contributed by atoms with E-state index < -0.39 is 108 Å². The highest BCUT2D eigenvalue weighted by Gasteiger charge is 2.35. The first-order valence-electron chi connectivity index (χ1n) is 20.4. The number of rotatable bonds is 33. The number of hydrogen-bond donors (Lipinski definition) is 10. The van der Waals surface area contributed by atoms with Gasteiger partial charge in [-0.15, -0.1) is 0 Å². The van der Waals surface area contributed by atoms with Gasteiger partial charge in [0, 0.05) is 92.7 Å². The summed E-state index contributed by atoms with van der Waals surface area (Å²) in [5, 5.41) is 61.9. The van der Waals surface area contributed by atoms with Crippen molar-refractivity contribution in [3.8, 4) is 0 Å². The van der Waals surface area contributed by atoms with Crippen molar-refractivity contribution in [1.29, 1.82) is 0 Å². The summed E-state index contributed by atoms with van der Waals surface area (Å²) in [6, 6.07) is 10.2. The number of anilines is 1. The van der Waals surface area contributed by atoms with Gasteiger partial charge < -0.3 is 50.4 Å². The third-order valence-electron chi connectivity index (χ3n) is 10.7. The minimum atomic E-state index is -2.28. The maximum Gasteiger partial charge on any atom is 0.303 e. The molecule has 2 heterocycles. The molecule has 3 aromatic rings. The van der Waals surface area contributed by atoms with E-state index in [1.807, 2.05) is 4.90 Å². The summed E-state index contributed by atoms with van der Waals surface area (Å²) in [6.07, 6.45) is 0.957. The van der Waals surface area contributed by atoms with Crippen molar-refractivity contribution in [2.75, 3.05) is 11.3 Å². The standard InChI is InChI=1S/C41H55N7O16S/c49-32(43-40(14-7-34(51)52,15-8-35(53)54)16-9-36(55)56)26-47-21-1-2-30(47)24-46(22-13-28-3-5-29(6-4-28)45-65(63)64)25-31-42-20-23-48(31)27-33(50)44-41(17-10-37(57)58,18-11-38(59)60)19-12-39(61)62/h1-6,20-21,23,45H,7-19,22,24-27H2,(H,43,49)(H,44,50)(H,51,52)(H,53,54)(H,55,56)(H,57,58)(H,59,60)(H,61,62)(H,63,64). The third kappa shape index (κ3) is 19.7. The number of benzene rings is 1. The Balaban J connectivity index is 1.91. The average Bonchev–Trinajstić information content (AvgIpc) is 3.85. The van der Waals surface area contributed by atoms with Crippen molar-refractivity contribution < 1.29 is 77.8 Å². The smallest absolute Gasteiger partial charge is 0.303 e. The monoisotopic (exact) mass is 933 g/mol. The Morgan fingerprint density at radius 2 is 1.03 bits per heavy atom. The van der Waals surface area contributed by atoms with Crippen LogP contribution in [-0.4, -0.2) is 124 Å². The van der Waals surface area contributed by atoms with Crippen molar-refractivity contribution in [3.05, 3.63) is 72.1 Å². The van der Waals surface area contributed by atoms with E-state index in [0.717, 1.165) is 5.56 Å². The number of carbonyl (C=O) groups is 8. The maximum absolute atomic E-state index is 13.7. The number of carbonyl (C=O) groups excluding carboxylic acids is 2. The summed E-state index contributed by atoms with van der Waals surface area (Å²) in [6.45, 7) is -0.0454. The van der Waals surface area contributed by atoms with Crippen molar-refractivity contribution in [2.45, 2.75) is 121 Å². The topological polar surface area (TPSA) is 357 Å². The maximum atomic E-state index is 13.7. The normalized spacial score (nSPS) is 12.0. The van der Waals surface area contributed by atoms with E-state index in [1.165, 1.54) is 17.0 Å². The van der Waals surface area contributed by atoms with Crippen LogP contribution in [0.1, 0.15) is 94.1 Å². The van der Waals surface area contributed by atoms with E-state index in [0.29, 0.717) is 30.2 Å². The van der Waals surface area contributed by atoms with Gasteiger partial charge in [0.05, 0.1) is 6.54 Å². The number of aromatic nitrogens is 3. The number of carboxylic acids is 6.